The summed E-state index contributed by atoms with van der Waals surface area (Å²) in [5, 5.41) is 8.35. The third kappa shape index (κ3) is 2.28. The molecule has 0 heterocycles. The highest BCUT2D eigenvalue weighted by atomic mass is 32.2. The maximum atomic E-state index is 8.35. The van der Waals surface area contributed by atoms with Crippen LogP contribution in [-0.2, 0) is 0 Å². The van der Waals surface area contributed by atoms with Crippen LogP contribution in [0, 0.1) is 18.3 Å². The minimum atomic E-state index is 0.533. The van der Waals surface area contributed by atoms with Crippen molar-refractivity contribution in [1.82, 2.24) is 0 Å². The Bertz CT molecular complexity index is 275. The number of benzene rings is 1. The molecule has 0 N–H and O–H groups in total. The highest BCUT2D eigenvalue weighted by molar-refractivity contribution is 7.99. The lowest BCUT2D eigenvalue weighted by atomic mass is 10.2. The Morgan fingerprint density at radius 2 is 2.18 bits per heavy atom. The van der Waals surface area contributed by atoms with Gasteiger partial charge < -0.3 is 0 Å². The predicted molar refractivity (Wildman–Crippen MR) is 47.5 cm³/mol. The first kappa shape index (κ1) is 8.16. The Balaban J connectivity index is 2.71. The van der Waals surface area contributed by atoms with Crippen LogP contribution in [0.1, 0.15) is 5.56 Å². The van der Waals surface area contributed by atoms with E-state index in [0.29, 0.717) is 5.75 Å². The first-order valence-electron chi connectivity index (χ1n) is 3.40. The summed E-state index contributed by atoms with van der Waals surface area (Å²) >= 11 is 1.59. The van der Waals surface area contributed by atoms with E-state index in [1.54, 1.807) is 11.8 Å². The zero-order valence-corrected chi connectivity index (χ0v) is 7.19. The Hall–Kier alpha value is -0.940. The van der Waals surface area contributed by atoms with E-state index >= 15 is 0 Å². The van der Waals surface area contributed by atoms with Gasteiger partial charge in [0.05, 0.1) is 11.8 Å². The molecule has 1 nitrogen and oxygen atoms in total. The van der Waals surface area contributed by atoms with Crippen LogP contribution in [0.2, 0.25) is 0 Å². The second kappa shape index (κ2) is 4.05. The first-order valence-corrected chi connectivity index (χ1v) is 4.38. The molecule has 0 aliphatic rings. The van der Waals surface area contributed by atoms with Crippen LogP contribution < -0.4 is 0 Å². The molecule has 0 aliphatic heterocycles. The molecule has 56 valence electrons. The molecule has 0 radical (unpaired) electrons. The molecule has 0 unspecified atom stereocenters. The van der Waals surface area contributed by atoms with Crippen molar-refractivity contribution in [2.45, 2.75) is 11.8 Å². The molecule has 1 rings (SSSR count). The zero-order valence-electron chi connectivity index (χ0n) is 6.37. The highest BCUT2D eigenvalue weighted by Crippen LogP contribution is 2.20. The fourth-order valence-corrected chi connectivity index (χ4v) is 1.52. The lowest BCUT2D eigenvalue weighted by Gasteiger charge is -1.99. The Kier molecular flexibility index (Phi) is 3.00. The Morgan fingerprint density at radius 1 is 1.45 bits per heavy atom. The molecule has 0 atom stereocenters. The number of aryl methyl sites for hydroxylation is 1. The van der Waals surface area contributed by atoms with Gasteiger partial charge in [-0.05, 0) is 18.6 Å². The smallest absolute Gasteiger partial charge is 0.0855 e. The van der Waals surface area contributed by atoms with Crippen LogP contribution in [0.25, 0.3) is 0 Å². The van der Waals surface area contributed by atoms with E-state index in [1.807, 2.05) is 18.2 Å². The van der Waals surface area contributed by atoms with Crippen LogP contribution in [0.4, 0.5) is 0 Å². The third-order valence-corrected chi connectivity index (χ3v) is 2.43. The highest BCUT2D eigenvalue weighted by Gasteiger charge is 1.94. The van der Waals surface area contributed by atoms with Gasteiger partial charge in [0.1, 0.15) is 0 Å². The van der Waals surface area contributed by atoms with Gasteiger partial charge in [-0.3, -0.25) is 0 Å². The molecule has 0 saturated heterocycles. The van der Waals surface area contributed by atoms with Gasteiger partial charge in [0.15, 0.2) is 0 Å². The molecule has 0 aromatic heterocycles. The number of thioether (sulfide) groups is 1. The van der Waals surface area contributed by atoms with Crippen molar-refractivity contribution < 1.29 is 0 Å². The SMILES string of the molecule is Cc1ccccc1SCC#N. The zero-order chi connectivity index (χ0) is 8.10. The average molecular weight is 163 g/mol. The van der Waals surface area contributed by atoms with E-state index in [2.05, 4.69) is 19.1 Å². The van der Waals surface area contributed by atoms with Crippen molar-refractivity contribution in [1.29, 1.82) is 5.26 Å². The van der Waals surface area contributed by atoms with Crippen molar-refractivity contribution in [3.63, 3.8) is 0 Å². The summed E-state index contributed by atoms with van der Waals surface area (Å²) < 4.78 is 0. The lowest BCUT2D eigenvalue weighted by Crippen LogP contribution is -1.78. The molecule has 0 saturated carbocycles. The van der Waals surface area contributed by atoms with Crippen LogP contribution in [0.5, 0.6) is 0 Å². The molecule has 0 fully saturated rings. The largest absolute Gasteiger partial charge is 0.197 e. The molecule has 2 heteroatoms. The number of nitriles is 1. The predicted octanol–water partition coefficient (Wildman–Crippen LogP) is 2.61. The summed E-state index contributed by atoms with van der Waals surface area (Å²) in [6.07, 6.45) is 0. The Morgan fingerprint density at radius 3 is 2.82 bits per heavy atom. The summed E-state index contributed by atoms with van der Waals surface area (Å²) in [6, 6.07) is 10.2. The van der Waals surface area contributed by atoms with Crippen molar-refractivity contribution in [2.75, 3.05) is 5.75 Å². The van der Waals surface area contributed by atoms with Crippen molar-refractivity contribution in [3.8, 4) is 6.07 Å². The lowest BCUT2D eigenvalue weighted by molar-refractivity contribution is 1.30. The second-order valence-corrected chi connectivity index (χ2v) is 3.23. The summed E-state index contributed by atoms with van der Waals surface area (Å²) in [5.74, 6) is 0.533. The van der Waals surface area contributed by atoms with Gasteiger partial charge >= 0.3 is 0 Å². The summed E-state index contributed by atoms with van der Waals surface area (Å²) in [4.78, 5) is 1.20. The van der Waals surface area contributed by atoms with Gasteiger partial charge in [-0.15, -0.1) is 11.8 Å². The molecule has 0 spiro atoms. The normalized spacial score (nSPS) is 9.09. The summed E-state index contributed by atoms with van der Waals surface area (Å²) in [5.41, 5.74) is 1.24. The number of hydrogen-bond acceptors (Lipinski definition) is 2. The molecule has 1 aromatic rings. The fraction of sp³-hybridized carbons (Fsp3) is 0.222. The quantitative estimate of drug-likeness (QED) is 0.626. The van der Waals surface area contributed by atoms with E-state index < -0.39 is 0 Å². The van der Waals surface area contributed by atoms with Gasteiger partial charge in [0.25, 0.3) is 0 Å². The standard InChI is InChI=1S/C9H9NS/c1-8-4-2-3-5-9(8)11-7-6-10/h2-5H,7H2,1H3. The van der Waals surface area contributed by atoms with E-state index in [9.17, 15) is 0 Å². The maximum absolute atomic E-state index is 8.35. The topological polar surface area (TPSA) is 23.8 Å². The average Bonchev–Trinajstić information content (AvgIpc) is 2.03. The van der Waals surface area contributed by atoms with Gasteiger partial charge in [-0.1, -0.05) is 18.2 Å². The molecule has 0 aliphatic carbocycles. The maximum Gasteiger partial charge on any atom is 0.0855 e. The van der Waals surface area contributed by atoms with E-state index in [-0.39, 0.29) is 0 Å². The van der Waals surface area contributed by atoms with E-state index in [1.165, 1.54) is 10.5 Å². The van der Waals surface area contributed by atoms with Crippen molar-refractivity contribution in [3.05, 3.63) is 29.8 Å². The van der Waals surface area contributed by atoms with Crippen LogP contribution in [0.15, 0.2) is 29.2 Å². The molecule has 0 amide bonds. The summed E-state index contributed by atoms with van der Waals surface area (Å²) in [6.45, 7) is 2.06. The second-order valence-electron chi connectivity index (χ2n) is 2.21. The number of rotatable bonds is 2. The number of hydrogen-bond donors (Lipinski definition) is 0. The van der Waals surface area contributed by atoms with Gasteiger partial charge in [0.2, 0.25) is 0 Å². The molecular weight excluding hydrogens is 154 g/mol. The molecule has 0 bridgehead atoms. The Labute approximate surface area is 71.0 Å². The minimum absolute atomic E-state index is 0.533. The van der Waals surface area contributed by atoms with Crippen LogP contribution in [0.3, 0.4) is 0 Å². The van der Waals surface area contributed by atoms with E-state index in [4.69, 9.17) is 5.26 Å². The fourth-order valence-electron chi connectivity index (χ4n) is 0.828. The molecular formula is C9H9NS. The molecule has 11 heavy (non-hydrogen) atoms. The monoisotopic (exact) mass is 163 g/mol. The van der Waals surface area contributed by atoms with Gasteiger partial charge in [-0.25, -0.2) is 0 Å². The number of nitrogens with zero attached hydrogens (tertiary/aromatic N) is 1. The summed E-state index contributed by atoms with van der Waals surface area (Å²) in [7, 11) is 0. The van der Waals surface area contributed by atoms with Crippen LogP contribution >= 0.6 is 11.8 Å². The van der Waals surface area contributed by atoms with Gasteiger partial charge in [-0.2, -0.15) is 5.26 Å². The molecule has 1 aromatic carbocycles. The van der Waals surface area contributed by atoms with Crippen molar-refractivity contribution >= 4 is 11.8 Å². The van der Waals surface area contributed by atoms with E-state index in [0.717, 1.165) is 0 Å². The third-order valence-electron chi connectivity index (χ3n) is 1.39. The van der Waals surface area contributed by atoms with Gasteiger partial charge in [0, 0.05) is 4.90 Å². The van der Waals surface area contributed by atoms with Crippen molar-refractivity contribution in [2.24, 2.45) is 0 Å². The van der Waals surface area contributed by atoms with Crippen LogP contribution in [-0.4, -0.2) is 5.75 Å². The first-order chi connectivity index (χ1) is 5.34. The minimum Gasteiger partial charge on any atom is -0.197 e.